The molecule has 0 unspecified atom stereocenters. The number of hydrogen-bond donors (Lipinski definition) is 2. The van der Waals surface area contributed by atoms with Gasteiger partial charge >= 0.3 is 0 Å². The van der Waals surface area contributed by atoms with Gasteiger partial charge in [0, 0.05) is 16.8 Å². The van der Waals surface area contributed by atoms with E-state index >= 15 is 0 Å². The summed E-state index contributed by atoms with van der Waals surface area (Å²) in [6.07, 6.45) is 5.25. The quantitative estimate of drug-likeness (QED) is 0.608. The monoisotopic (exact) mass is 328 g/mol. The van der Waals surface area contributed by atoms with Crippen molar-refractivity contribution in [3.63, 3.8) is 0 Å². The zero-order valence-electron chi connectivity index (χ0n) is 13.8. The summed E-state index contributed by atoms with van der Waals surface area (Å²) >= 11 is 0. The van der Waals surface area contributed by atoms with Crippen LogP contribution in [0.25, 0.3) is 11.1 Å². The third-order valence-electron chi connectivity index (χ3n) is 4.15. The molecule has 2 aromatic rings. The molecule has 24 heavy (non-hydrogen) atoms. The van der Waals surface area contributed by atoms with E-state index in [-0.39, 0.29) is 6.47 Å². The molecule has 0 fully saturated rings. The standard InChI is InChI=1S/C16H18N4O.CH2O2/c1-9-14(10(2)21-20-9)15-11-6-4-3-5-7-13(11)19-16(18)12(15)8-17;2-1-3/h3-7H2,1-2H3,(H2,18,19);1H,(H,2,3). The largest absolute Gasteiger partial charge is 0.483 e. The van der Waals surface area contributed by atoms with Gasteiger partial charge in [0.05, 0.1) is 5.69 Å². The lowest BCUT2D eigenvalue weighted by molar-refractivity contribution is -0.122. The smallest absolute Gasteiger partial charge is 0.290 e. The molecule has 1 aliphatic rings. The Morgan fingerprint density at radius 3 is 2.50 bits per heavy atom. The Bertz CT molecular complexity index is 771. The average molecular weight is 328 g/mol. The molecule has 2 aromatic heterocycles. The Morgan fingerprint density at radius 1 is 1.25 bits per heavy atom. The summed E-state index contributed by atoms with van der Waals surface area (Å²) in [6, 6.07) is 2.22. The molecule has 0 spiro atoms. The first-order chi connectivity index (χ1) is 11.5. The number of carboxylic acid groups (broad SMARTS) is 1. The van der Waals surface area contributed by atoms with Crippen molar-refractivity contribution in [2.75, 3.05) is 5.73 Å². The molecule has 1 aliphatic carbocycles. The molecule has 0 radical (unpaired) electrons. The Labute approximate surface area is 140 Å². The molecule has 0 bridgehead atoms. The number of hydrogen-bond acceptors (Lipinski definition) is 6. The summed E-state index contributed by atoms with van der Waals surface area (Å²) in [5.74, 6) is 1.04. The van der Waals surface area contributed by atoms with Crippen molar-refractivity contribution in [1.29, 1.82) is 5.26 Å². The number of carbonyl (C=O) groups is 1. The average Bonchev–Trinajstić information content (AvgIpc) is 2.75. The van der Waals surface area contributed by atoms with E-state index in [9.17, 15) is 5.26 Å². The molecule has 0 amide bonds. The minimum Gasteiger partial charge on any atom is -0.483 e. The first-order valence-electron chi connectivity index (χ1n) is 7.77. The molecular formula is C17H20N4O3. The van der Waals surface area contributed by atoms with Crippen molar-refractivity contribution in [1.82, 2.24) is 10.1 Å². The maximum absolute atomic E-state index is 9.53. The molecule has 0 aromatic carbocycles. The SMILES string of the molecule is Cc1noc(C)c1-c1c(C#N)c(N)nc2c1CCCCC2.O=CO. The van der Waals surface area contributed by atoms with Gasteiger partial charge in [-0.25, -0.2) is 4.98 Å². The van der Waals surface area contributed by atoms with Crippen molar-refractivity contribution < 1.29 is 14.4 Å². The molecule has 3 rings (SSSR count). The Morgan fingerprint density at radius 2 is 1.92 bits per heavy atom. The van der Waals surface area contributed by atoms with Gasteiger partial charge in [0.15, 0.2) is 0 Å². The zero-order chi connectivity index (χ0) is 17.7. The van der Waals surface area contributed by atoms with Gasteiger partial charge in [0.25, 0.3) is 6.47 Å². The van der Waals surface area contributed by atoms with Crippen LogP contribution in [0, 0.1) is 25.2 Å². The fraction of sp³-hybridized carbons (Fsp3) is 0.412. The number of rotatable bonds is 1. The second kappa shape index (κ2) is 7.59. The molecule has 0 saturated carbocycles. The summed E-state index contributed by atoms with van der Waals surface area (Å²) in [6.45, 7) is 3.52. The number of fused-ring (bicyclic) bond motifs is 1. The van der Waals surface area contributed by atoms with Crippen LogP contribution >= 0.6 is 0 Å². The van der Waals surface area contributed by atoms with Crippen LogP contribution < -0.4 is 5.73 Å². The highest BCUT2D eigenvalue weighted by atomic mass is 16.5. The first-order valence-corrected chi connectivity index (χ1v) is 7.77. The highest BCUT2D eigenvalue weighted by Crippen LogP contribution is 2.38. The maximum atomic E-state index is 9.53. The van der Waals surface area contributed by atoms with Crippen molar-refractivity contribution in [3.8, 4) is 17.2 Å². The molecule has 3 N–H and O–H groups in total. The van der Waals surface area contributed by atoms with Gasteiger partial charge < -0.3 is 15.4 Å². The van der Waals surface area contributed by atoms with Gasteiger partial charge in [-0.15, -0.1) is 0 Å². The van der Waals surface area contributed by atoms with E-state index in [0.717, 1.165) is 59.5 Å². The number of nitrogen functional groups attached to an aromatic ring is 1. The molecule has 2 heterocycles. The van der Waals surface area contributed by atoms with Gasteiger partial charge in [0.1, 0.15) is 23.2 Å². The maximum Gasteiger partial charge on any atom is 0.290 e. The summed E-state index contributed by atoms with van der Waals surface area (Å²) in [4.78, 5) is 12.8. The highest BCUT2D eigenvalue weighted by Gasteiger charge is 2.25. The molecule has 0 atom stereocenters. The Balaban J connectivity index is 0.000000647. The first kappa shape index (κ1) is 17.5. The fourth-order valence-corrected chi connectivity index (χ4v) is 3.17. The lowest BCUT2D eigenvalue weighted by atomic mass is 9.91. The lowest BCUT2D eigenvalue weighted by Gasteiger charge is -2.15. The number of nitriles is 1. The number of nitrogens with zero attached hydrogens (tertiary/aromatic N) is 3. The predicted octanol–water partition coefficient (Wildman–Crippen LogP) is 2.78. The van der Waals surface area contributed by atoms with E-state index in [2.05, 4.69) is 16.2 Å². The van der Waals surface area contributed by atoms with Gasteiger partial charge in [-0.1, -0.05) is 11.6 Å². The van der Waals surface area contributed by atoms with Crippen LogP contribution in [-0.4, -0.2) is 21.7 Å². The van der Waals surface area contributed by atoms with Gasteiger partial charge in [-0.3, -0.25) is 4.79 Å². The van der Waals surface area contributed by atoms with Crippen LogP contribution in [0.5, 0.6) is 0 Å². The van der Waals surface area contributed by atoms with Crippen LogP contribution in [0.15, 0.2) is 4.52 Å². The second-order valence-electron chi connectivity index (χ2n) is 5.65. The molecule has 0 saturated heterocycles. The Kier molecular flexibility index (Phi) is 5.53. The summed E-state index contributed by atoms with van der Waals surface area (Å²) < 4.78 is 5.29. The molecular weight excluding hydrogens is 308 g/mol. The Hall–Kier alpha value is -2.88. The lowest BCUT2D eigenvalue weighted by Crippen LogP contribution is -2.07. The van der Waals surface area contributed by atoms with Gasteiger partial charge in [-0.05, 0) is 45.1 Å². The zero-order valence-corrected chi connectivity index (χ0v) is 13.8. The predicted molar refractivity (Wildman–Crippen MR) is 88.3 cm³/mol. The van der Waals surface area contributed by atoms with E-state index in [0.29, 0.717) is 11.4 Å². The van der Waals surface area contributed by atoms with Crippen LogP contribution in [-0.2, 0) is 17.6 Å². The number of pyridine rings is 1. The number of nitrogens with two attached hydrogens (primary N) is 1. The summed E-state index contributed by atoms with van der Waals surface area (Å²) in [5.41, 5.74) is 11.2. The minimum atomic E-state index is -0.250. The van der Waals surface area contributed by atoms with Crippen LogP contribution in [0.3, 0.4) is 0 Å². The molecule has 7 nitrogen and oxygen atoms in total. The van der Waals surface area contributed by atoms with Crippen LogP contribution in [0.4, 0.5) is 5.82 Å². The molecule has 0 aliphatic heterocycles. The topological polar surface area (TPSA) is 126 Å². The third kappa shape index (κ3) is 3.23. The van der Waals surface area contributed by atoms with Crippen molar-refractivity contribution in [2.45, 2.75) is 46.0 Å². The van der Waals surface area contributed by atoms with Crippen LogP contribution in [0.1, 0.15) is 47.5 Å². The van der Waals surface area contributed by atoms with Crippen molar-refractivity contribution in [2.24, 2.45) is 0 Å². The van der Waals surface area contributed by atoms with Crippen LogP contribution in [0.2, 0.25) is 0 Å². The van der Waals surface area contributed by atoms with Crippen molar-refractivity contribution >= 4 is 12.3 Å². The van der Waals surface area contributed by atoms with Gasteiger partial charge in [-0.2, -0.15) is 5.26 Å². The van der Waals surface area contributed by atoms with Crippen molar-refractivity contribution in [3.05, 3.63) is 28.3 Å². The highest BCUT2D eigenvalue weighted by molar-refractivity contribution is 5.81. The molecule has 7 heteroatoms. The van der Waals surface area contributed by atoms with E-state index in [1.54, 1.807) is 0 Å². The molecule has 126 valence electrons. The third-order valence-corrected chi connectivity index (χ3v) is 4.15. The van der Waals surface area contributed by atoms with E-state index in [1.807, 2.05) is 13.8 Å². The summed E-state index contributed by atoms with van der Waals surface area (Å²) in [5, 5.41) is 20.4. The minimum absolute atomic E-state index is 0.250. The van der Waals surface area contributed by atoms with Gasteiger partial charge in [0.2, 0.25) is 0 Å². The van der Waals surface area contributed by atoms with E-state index in [1.165, 1.54) is 6.42 Å². The second-order valence-corrected chi connectivity index (χ2v) is 5.65. The number of aryl methyl sites for hydroxylation is 3. The normalized spacial score (nSPS) is 13.0. The summed E-state index contributed by atoms with van der Waals surface area (Å²) in [7, 11) is 0. The number of aromatic nitrogens is 2. The van der Waals surface area contributed by atoms with E-state index in [4.69, 9.17) is 20.2 Å². The number of anilines is 1. The van der Waals surface area contributed by atoms with E-state index < -0.39 is 0 Å². The fourth-order valence-electron chi connectivity index (χ4n) is 3.17.